The summed E-state index contributed by atoms with van der Waals surface area (Å²) in [5.41, 5.74) is 0.321. The minimum atomic E-state index is -0.703. The van der Waals surface area contributed by atoms with Gasteiger partial charge in [-0.25, -0.2) is 9.18 Å². The zero-order valence-corrected chi connectivity index (χ0v) is 15.4. The highest BCUT2D eigenvalue weighted by molar-refractivity contribution is 5.77. The van der Waals surface area contributed by atoms with E-state index in [1.165, 1.54) is 12.1 Å². The molecule has 2 amide bonds. The van der Waals surface area contributed by atoms with E-state index in [0.717, 1.165) is 37.8 Å². The van der Waals surface area contributed by atoms with E-state index in [0.29, 0.717) is 11.8 Å². The Kier molecular flexibility index (Phi) is 3.46. The van der Waals surface area contributed by atoms with Crippen molar-refractivity contribution in [2.45, 2.75) is 56.2 Å². The Morgan fingerprint density at radius 1 is 1.19 bits per heavy atom. The maximum absolute atomic E-state index is 13.4. The van der Waals surface area contributed by atoms with Crippen LogP contribution in [0, 0.1) is 23.6 Å². The average Bonchev–Trinajstić information content (AvgIpc) is 2.83. The van der Waals surface area contributed by atoms with Gasteiger partial charge >= 0.3 is 6.03 Å². The first-order valence-corrected chi connectivity index (χ1v) is 9.88. The van der Waals surface area contributed by atoms with E-state index >= 15 is 0 Å². The maximum atomic E-state index is 13.4. The SMILES string of the molecule is CC1CN(C2C3CC4CC2C(c2ccc(F)cc2)C(O)(C4)C3)C(=O)N1C. The van der Waals surface area contributed by atoms with Crippen LogP contribution in [0.3, 0.4) is 0 Å². The van der Waals surface area contributed by atoms with E-state index in [4.69, 9.17) is 0 Å². The first kappa shape index (κ1) is 16.5. The molecule has 0 radical (unpaired) electrons. The second-order valence-corrected chi connectivity index (χ2v) is 9.19. The van der Waals surface area contributed by atoms with Crippen molar-refractivity contribution in [2.24, 2.45) is 17.8 Å². The van der Waals surface area contributed by atoms with Gasteiger partial charge in [0.05, 0.1) is 5.60 Å². The number of urea groups is 1. The number of carbonyl (C=O) groups excluding carboxylic acids is 1. The van der Waals surface area contributed by atoms with E-state index in [-0.39, 0.29) is 35.8 Å². The van der Waals surface area contributed by atoms with Gasteiger partial charge in [-0.05, 0) is 68.1 Å². The Hall–Kier alpha value is -1.62. The largest absolute Gasteiger partial charge is 0.389 e. The van der Waals surface area contributed by atoms with Crippen molar-refractivity contribution in [2.75, 3.05) is 13.6 Å². The van der Waals surface area contributed by atoms with Gasteiger partial charge < -0.3 is 14.9 Å². The summed E-state index contributed by atoms with van der Waals surface area (Å²) >= 11 is 0. The number of halogens is 1. The van der Waals surface area contributed by atoms with E-state index in [1.54, 1.807) is 0 Å². The number of aliphatic hydroxyl groups is 1. The fourth-order valence-electron chi connectivity index (χ4n) is 6.77. The van der Waals surface area contributed by atoms with Crippen LogP contribution in [0.1, 0.15) is 44.1 Å². The third kappa shape index (κ3) is 2.19. The van der Waals surface area contributed by atoms with E-state index in [9.17, 15) is 14.3 Å². The van der Waals surface area contributed by atoms with Crippen molar-refractivity contribution >= 4 is 6.03 Å². The molecule has 1 aromatic rings. The molecule has 26 heavy (non-hydrogen) atoms. The Bertz CT molecular complexity index is 738. The summed E-state index contributed by atoms with van der Waals surface area (Å²) in [4.78, 5) is 16.8. The maximum Gasteiger partial charge on any atom is 0.320 e. The molecule has 7 unspecified atom stereocenters. The lowest BCUT2D eigenvalue weighted by Crippen LogP contribution is -2.65. The first-order valence-electron chi connectivity index (χ1n) is 9.88. The molecule has 4 aliphatic carbocycles. The average molecular weight is 358 g/mol. The van der Waals surface area contributed by atoms with Crippen LogP contribution in [-0.4, -0.2) is 52.2 Å². The minimum absolute atomic E-state index is 0.00471. The van der Waals surface area contributed by atoms with Crippen LogP contribution in [0.15, 0.2) is 24.3 Å². The predicted molar refractivity (Wildman–Crippen MR) is 96.1 cm³/mol. The van der Waals surface area contributed by atoms with Crippen LogP contribution < -0.4 is 0 Å². The van der Waals surface area contributed by atoms with Crippen LogP contribution in [-0.2, 0) is 0 Å². The summed E-state index contributed by atoms with van der Waals surface area (Å²) in [5, 5.41) is 11.5. The number of benzene rings is 1. The summed E-state index contributed by atoms with van der Waals surface area (Å²) in [6, 6.07) is 7.20. The number of amides is 2. The Labute approximate surface area is 154 Å². The Balaban J connectivity index is 1.54. The molecule has 4 saturated carbocycles. The normalized spacial score (nSPS) is 44.2. The molecule has 0 aromatic heterocycles. The number of likely N-dealkylation sites (N-methyl/N-ethyl adjacent to an activating group) is 1. The van der Waals surface area contributed by atoms with Crippen molar-refractivity contribution in [1.29, 1.82) is 0 Å². The van der Waals surface area contributed by atoms with E-state index in [2.05, 4.69) is 11.8 Å². The number of nitrogens with zero attached hydrogens (tertiary/aromatic N) is 2. The predicted octanol–water partition coefficient (Wildman–Crippen LogP) is 3.21. The summed E-state index contributed by atoms with van der Waals surface area (Å²) < 4.78 is 13.4. The zero-order valence-electron chi connectivity index (χ0n) is 15.4. The topological polar surface area (TPSA) is 43.8 Å². The first-order chi connectivity index (χ1) is 12.4. The summed E-state index contributed by atoms with van der Waals surface area (Å²) in [7, 11) is 1.88. The highest BCUT2D eigenvalue weighted by Crippen LogP contribution is 2.63. The Morgan fingerprint density at radius 3 is 2.58 bits per heavy atom. The van der Waals surface area contributed by atoms with Gasteiger partial charge in [0, 0.05) is 31.6 Å². The molecule has 1 saturated heterocycles. The third-order valence-corrected chi connectivity index (χ3v) is 7.69. The monoisotopic (exact) mass is 358 g/mol. The van der Waals surface area contributed by atoms with E-state index < -0.39 is 5.60 Å². The fraction of sp³-hybridized carbons (Fsp3) is 0.667. The van der Waals surface area contributed by atoms with Crippen molar-refractivity contribution in [3.05, 3.63) is 35.6 Å². The van der Waals surface area contributed by atoms with Crippen molar-refractivity contribution in [3.8, 4) is 0 Å². The molecule has 140 valence electrons. The van der Waals surface area contributed by atoms with Crippen LogP contribution in [0.4, 0.5) is 9.18 Å². The molecule has 1 aromatic carbocycles. The second kappa shape index (κ2) is 5.44. The molecule has 4 bridgehead atoms. The molecular formula is C21H27FN2O2. The molecule has 4 nitrogen and oxygen atoms in total. The molecule has 5 fully saturated rings. The van der Waals surface area contributed by atoms with Gasteiger partial charge in [0.2, 0.25) is 0 Å². The molecule has 5 aliphatic rings. The quantitative estimate of drug-likeness (QED) is 0.882. The molecule has 7 atom stereocenters. The van der Waals surface area contributed by atoms with Crippen LogP contribution in [0.25, 0.3) is 0 Å². The molecule has 1 N–H and O–H groups in total. The molecular weight excluding hydrogens is 331 g/mol. The minimum Gasteiger partial charge on any atom is -0.389 e. The van der Waals surface area contributed by atoms with E-state index in [1.807, 2.05) is 24.1 Å². The van der Waals surface area contributed by atoms with Crippen LogP contribution in [0.5, 0.6) is 0 Å². The summed E-state index contributed by atoms with van der Waals surface area (Å²) in [6.45, 7) is 2.87. The molecule has 1 heterocycles. The van der Waals surface area contributed by atoms with Gasteiger partial charge in [0.15, 0.2) is 0 Å². The van der Waals surface area contributed by atoms with Crippen molar-refractivity contribution in [1.82, 2.24) is 9.80 Å². The lowest BCUT2D eigenvalue weighted by molar-refractivity contribution is -0.170. The number of rotatable bonds is 2. The number of hydrogen-bond acceptors (Lipinski definition) is 2. The van der Waals surface area contributed by atoms with Gasteiger partial charge in [-0.1, -0.05) is 12.1 Å². The van der Waals surface area contributed by atoms with Gasteiger partial charge in [0.25, 0.3) is 0 Å². The molecule has 0 spiro atoms. The summed E-state index contributed by atoms with van der Waals surface area (Å²) in [6.07, 6.45) is 3.79. The second-order valence-electron chi connectivity index (χ2n) is 9.19. The van der Waals surface area contributed by atoms with Gasteiger partial charge in [-0.15, -0.1) is 0 Å². The number of hydrogen-bond donors (Lipinski definition) is 1. The molecule has 6 rings (SSSR count). The van der Waals surface area contributed by atoms with Crippen molar-refractivity contribution in [3.63, 3.8) is 0 Å². The van der Waals surface area contributed by atoms with Gasteiger partial charge in [-0.3, -0.25) is 0 Å². The highest BCUT2D eigenvalue weighted by Gasteiger charge is 2.63. The van der Waals surface area contributed by atoms with Crippen LogP contribution in [0.2, 0.25) is 0 Å². The highest BCUT2D eigenvalue weighted by atomic mass is 19.1. The van der Waals surface area contributed by atoms with Gasteiger partial charge in [-0.2, -0.15) is 0 Å². The third-order valence-electron chi connectivity index (χ3n) is 7.69. The zero-order chi connectivity index (χ0) is 18.2. The fourth-order valence-corrected chi connectivity index (χ4v) is 6.77. The molecule has 5 heteroatoms. The Morgan fingerprint density at radius 2 is 1.92 bits per heavy atom. The smallest absolute Gasteiger partial charge is 0.320 e. The number of carbonyl (C=O) groups is 1. The standard InChI is InChI=1S/C21H27FN2O2/c1-12-11-24(20(25)23(12)2)19-15-7-13-8-17(19)18(21(26,9-13)10-15)14-3-5-16(22)6-4-14/h3-6,12-13,15,17-19,26H,7-11H2,1-2H3. The van der Waals surface area contributed by atoms with Gasteiger partial charge in [0.1, 0.15) is 5.82 Å². The molecule has 1 aliphatic heterocycles. The lowest BCUT2D eigenvalue weighted by Gasteiger charge is -2.63. The van der Waals surface area contributed by atoms with Crippen molar-refractivity contribution < 1.29 is 14.3 Å². The summed E-state index contributed by atoms with van der Waals surface area (Å²) in [5.74, 6) is 0.960. The van der Waals surface area contributed by atoms with Crippen LogP contribution >= 0.6 is 0 Å². The lowest BCUT2D eigenvalue weighted by atomic mass is 9.46.